The van der Waals surface area contributed by atoms with Crippen LogP contribution in [0.5, 0.6) is 11.5 Å². The summed E-state index contributed by atoms with van der Waals surface area (Å²) in [5.74, 6) is 0.655. The third-order valence-corrected chi connectivity index (χ3v) is 5.42. The molecule has 2 rings (SSSR count). The van der Waals surface area contributed by atoms with Crippen LogP contribution >= 0.6 is 0 Å². The minimum absolute atomic E-state index is 0.346. The summed E-state index contributed by atoms with van der Waals surface area (Å²) < 4.78 is 18.7. The zero-order valence-corrected chi connectivity index (χ0v) is 17.8. The number of rotatable bonds is 11. The number of benzene rings is 2. The van der Waals surface area contributed by atoms with Gasteiger partial charge in [-0.3, -0.25) is 4.79 Å². The first-order chi connectivity index (χ1) is 13.5. The smallest absolute Gasteiger partial charge is 0.248 e. The largest absolute Gasteiger partial charge is 0.612 e. The van der Waals surface area contributed by atoms with Crippen molar-refractivity contribution < 1.29 is 14.1 Å². The summed E-state index contributed by atoms with van der Waals surface area (Å²) in [4.78, 5) is 14.6. The van der Waals surface area contributed by atoms with Gasteiger partial charge in [-0.2, -0.15) is 0 Å². The van der Waals surface area contributed by atoms with E-state index in [0.717, 1.165) is 44.5 Å². The maximum Gasteiger partial charge on any atom is 0.248 e. The fraction of sp³-hybridized carbons (Fsp3) is 0.409. The predicted octanol–water partition coefficient (Wildman–Crippen LogP) is 4.72. The summed E-state index contributed by atoms with van der Waals surface area (Å²) in [6.45, 7) is 5.96. The molecule has 0 aliphatic heterocycles. The fourth-order valence-corrected chi connectivity index (χ4v) is 3.64. The van der Waals surface area contributed by atoms with E-state index in [1.165, 1.54) is 0 Å². The van der Waals surface area contributed by atoms with Crippen molar-refractivity contribution >= 4 is 22.8 Å². The Balaban J connectivity index is 2.60. The van der Waals surface area contributed by atoms with Crippen molar-refractivity contribution in [1.82, 2.24) is 0 Å². The van der Waals surface area contributed by atoms with Crippen LogP contribution in [-0.2, 0) is 11.2 Å². The van der Waals surface area contributed by atoms with E-state index in [9.17, 15) is 9.35 Å². The molecule has 0 aliphatic rings. The van der Waals surface area contributed by atoms with Gasteiger partial charge in [0.2, 0.25) is 11.7 Å². The van der Waals surface area contributed by atoms with Crippen LogP contribution in [-0.4, -0.2) is 29.8 Å². The highest BCUT2D eigenvalue weighted by molar-refractivity contribution is 7.90. The molecule has 0 bridgehead atoms. The molecular weight excluding hydrogens is 372 g/mol. The summed E-state index contributed by atoms with van der Waals surface area (Å²) in [6, 6.07) is 12.8. The molecular formula is C22H30N2O3S. The third kappa shape index (κ3) is 5.91. The predicted molar refractivity (Wildman–Crippen MR) is 116 cm³/mol. The third-order valence-electron chi connectivity index (χ3n) is 4.50. The Morgan fingerprint density at radius 1 is 1.11 bits per heavy atom. The van der Waals surface area contributed by atoms with Crippen molar-refractivity contribution in [2.45, 2.75) is 44.4 Å². The molecule has 2 aromatic rings. The van der Waals surface area contributed by atoms with E-state index in [1.54, 1.807) is 18.4 Å². The molecule has 2 N–H and O–H groups in total. The van der Waals surface area contributed by atoms with Crippen LogP contribution in [0.3, 0.4) is 0 Å². The normalized spacial score (nSPS) is 11.9. The Morgan fingerprint density at radius 2 is 1.71 bits per heavy atom. The quantitative estimate of drug-likeness (QED) is 0.552. The van der Waals surface area contributed by atoms with Crippen LogP contribution < -0.4 is 15.4 Å². The van der Waals surface area contributed by atoms with Crippen LogP contribution in [0.25, 0.3) is 0 Å². The number of unbranched alkanes of at least 4 members (excludes halogenated alkanes) is 2. The molecule has 0 saturated carbocycles. The number of carbonyl (C=O) groups excluding carboxylic acids is 1. The Labute approximate surface area is 171 Å². The molecule has 0 spiro atoms. The number of ether oxygens (including phenoxy) is 1. The number of hydrogen-bond donors (Lipinski definition) is 1. The Morgan fingerprint density at radius 3 is 2.21 bits per heavy atom. The molecule has 28 heavy (non-hydrogen) atoms. The van der Waals surface area contributed by atoms with Crippen LogP contribution in [0.1, 0.15) is 49.9 Å². The molecule has 1 amide bonds. The van der Waals surface area contributed by atoms with Crippen molar-refractivity contribution in [2.75, 3.05) is 24.2 Å². The van der Waals surface area contributed by atoms with Crippen molar-refractivity contribution in [3.63, 3.8) is 0 Å². The van der Waals surface area contributed by atoms with Crippen molar-refractivity contribution in [3.05, 3.63) is 48.0 Å². The molecule has 0 heterocycles. The second-order valence-electron chi connectivity index (χ2n) is 6.75. The first-order valence-electron chi connectivity index (χ1n) is 9.77. The number of carbonyl (C=O) groups is 1. The number of para-hydroxylation sites is 1. The van der Waals surface area contributed by atoms with Crippen LogP contribution in [0, 0.1) is 0 Å². The van der Waals surface area contributed by atoms with Gasteiger partial charge in [0.15, 0.2) is 4.90 Å². The summed E-state index contributed by atoms with van der Waals surface area (Å²) in [7, 11) is 0. The van der Waals surface area contributed by atoms with E-state index in [1.807, 2.05) is 30.3 Å². The van der Waals surface area contributed by atoms with E-state index in [0.29, 0.717) is 22.0 Å². The number of anilines is 1. The zero-order valence-electron chi connectivity index (χ0n) is 16.9. The van der Waals surface area contributed by atoms with Gasteiger partial charge < -0.3 is 19.9 Å². The van der Waals surface area contributed by atoms with Gasteiger partial charge in [-0.05, 0) is 42.2 Å². The zero-order chi connectivity index (χ0) is 20.5. The lowest BCUT2D eigenvalue weighted by Gasteiger charge is -2.28. The summed E-state index contributed by atoms with van der Waals surface area (Å²) in [6.07, 6.45) is 5.73. The van der Waals surface area contributed by atoms with Crippen molar-refractivity contribution in [3.8, 4) is 11.5 Å². The molecule has 0 radical (unpaired) electrons. The molecule has 0 aliphatic carbocycles. The van der Waals surface area contributed by atoms with E-state index < -0.39 is 17.1 Å². The van der Waals surface area contributed by atoms with Crippen LogP contribution in [0.15, 0.2) is 47.4 Å². The Bertz CT molecular complexity index is 758. The monoisotopic (exact) mass is 402 g/mol. The second-order valence-corrected chi connectivity index (χ2v) is 8.10. The summed E-state index contributed by atoms with van der Waals surface area (Å²) in [5, 5.41) is 0. The maximum absolute atomic E-state index is 12.5. The lowest BCUT2D eigenvalue weighted by atomic mass is 10.1. The minimum Gasteiger partial charge on any atom is -0.612 e. The molecule has 1 unspecified atom stereocenters. The van der Waals surface area contributed by atoms with Crippen molar-refractivity contribution in [2.24, 2.45) is 5.73 Å². The van der Waals surface area contributed by atoms with E-state index in [-0.39, 0.29) is 0 Å². The first-order valence-corrected chi connectivity index (χ1v) is 11.3. The van der Waals surface area contributed by atoms with Gasteiger partial charge in [-0.15, -0.1) is 0 Å². The maximum atomic E-state index is 12.5. The van der Waals surface area contributed by atoms with Gasteiger partial charge in [0, 0.05) is 24.7 Å². The van der Waals surface area contributed by atoms with E-state index >= 15 is 0 Å². The number of primary amides is 1. The standard InChI is InChI=1S/C22H30N2O3S/c1-4-6-13-24(14-7-5-2)19-15-17(22(23)25)16-20(28(3)26)21(19)27-18-11-9-8-10-12-18/h8-12,15-16H,4-7,13-14H2,1-3H3,(H2,23,25). The van der Waals surface area contributed by atoms with E-state index in [4.69, 9.17) is 10.5 Å². The Kier molecular flexibility index (Phi) is 8.67. The van der Waals surface area contributed by atoms with Crippen molar-refractivity contribution in [1.29, 1.82) is 0 Å². The molecule has 1 atom stereocenters. The number of nitrogens with two attached hydrogens (primary N) is 1. The number of amides is 1. The van der Waals surface area contributed by atoms with Gasteiger partial charge in [0.25, 0.3) is 0 Å². The molecule has 5 nitrogen and oxygen atoms in total. The second kappa shape index (κ2) is 11.0. The van der Waals surface area contributed by atoms with Gasteiger partial charge in [-0.1, -0.05) is 44.9 Å². The lowest BCUT2D eigenvalue weighted by Crippen LogP contribution is -2.27. The van der Waals surface area contributed by atoms with Gasteiger partial charge in [-0.25, -0.2) is 0 Å². The first kappa shape index (κ1) is 22.1. The highest BCUT2D eigenvalue weighted by Gasteiger charge is 2.25. The van der Waals surface area contributed by atoms with Crippen LogP contribution in [0.2, 0.25) is 0 Å². The average molecular weight is 403 g/mol. The lowest BCUT2D eigenvalue weighted by molar-refractivity contribution is 0.1000. The van der Waals surface area contributed by atoms with Gasteiger partial charge >= 0.3 is 0 Å². The van der Waals surface area contributed by atoms with Gasteiger partial charge in [0.1, 0.15) is 12.0 Å². The highest BCUT2D eigenvalue weighted by atomic mass is 32.2. The van der Waals surface area contributed by atoms with Gasteiger partial charge in [0.05, 0.1) is 5.69 Å². The SMILES string of the molecule is CCCCN(CCCC)c1cc(C(N)=O)cc([S+](C)[O-])c1Oc1ccccc1. The van der Waals surface area contributed by atoms with Crippen LogP contribution in [0.4, 0.5) is 5.69 Å². The molecule has 2 aromatic carbocycles. The Hall–Kier alpha value is -2.18. The van der Waals surface area contributed by atoms with E-state index in [2.05, 4.69) is 18.7 Å². The average Bonchev–Trinajstić information content (AvgIpc) is 2.69. The molecule has 0 aromatic heterocycles. The number of hydrogen-bond acceptors (Lipinski definition) is 4. The number of nitrogens with zero attached hydrogens (tertiary/aromatic N) is 1. The topological polar surface area (TPSA) is 78.6 Å². The summed E-state index contributed by atoms with van der Waals surface area (Å²) in [5.41, 5.74) is 6.67. The molecule has 6 heteroatoms. The molecule has 0 fully saturated rings. The fourth-order valence-electron chi connectivity index (χ4n) is 2.94. The summed E-state index contributed by atoms with van der Waals surface area (Å²) >= 11 is -1.34. The minimum atomic E-state index is -1.34. The molecule has 0 saturated heterocycles. The molecule has 152 valence electrons. The highest BCUT2D eigenvalue weighted by Crippen LogP contribution is 2.40.